The molecule has 1 N–H and O–H groups in total. The number of carbonyl (C=O) groups excluding carboxylic acids is 2. The van der Waals surface area contributed by atoms with E-state index in [-0.39, 0.29) is 29.8 Å². The van der Waals surface area contributed by atoms with Gasteiger partial charge in [-0.25, -0.2) is 4.98 Å². The lowest BCUT2D eigenvalue weighted by Crippen LogP contribution is -2.42. The lowest BCUT2D eigenvalue weighted by atomic mass is 10.1. The first kappa shape index (κ1) is 15.1. The molecule has 0 saturated heterocycles. The van der Waals surface area contributed by atoms with Crippen LogP contribution in [0, 0.1) is 11.8 Å². The minimum atomic E-state index is -0.155. The summed E-state index contributed by atoms with van der Waals surface area (Å²) >= 11 is 0. The van der Waals surface area contributed by atoms with Crippen molar-refractivity contribution in [1.82, 2.24) is 19.8 Å². The van der Waals surface area contributed by atoms with Crippen molar-refractivity contribution in [2.24, 2.45) is 11.8 Å². The highest BCUT2D eigenvalue weighted by atomic mass is 16.2. The molecular weight excluding hydrogens is 280 g/mol. The molecule has 0 radical (unpaired) electrons. The number of nitrogens with one attached hydrogen (secondary N) is 1. The Labute approximate surface area is 130 Å². The number of carbonyl (C=O) groups is 2. The van der Waals surface area contributed by atoms with Crippen LogP contribution < -0.4 is 5.32 Å². The van der Waals surface area contributed by atoms with Gasteiger partial charge in [-0.2, -0.15) is 0 Å². The van der Waals surface area contributed by atoms with E-state index in [1.807, 2.05) is 30.2 Å². The second kappa shape index (κ2) is 5.41. The van der Waals surface area contributed by atoms with Gasteiger partial charge in [-0.15, -0.1) is 0 Å². The van der Waals surface area contributed by atoms with Crippen LogP contribution in [-0.2, 0) is 11.3 Å². The lowest BCUT2D eigenvalue weighted by molar-refractivity contribution is -0.136. The highest BCUT2D eigenvalue weighted by Gasteiger charge is 2.44. The maximum Gasteiger partial charge on any atom is 0.271 e. The van der Waals surface area contributed by atoms with E-state index >= 15 is 0 Å². The molecule has 120 valence electrons. The maximum absolute atomic E-state index is 12.5. The van der Waals surface area contributed by atoms with Gasteiger partial charge >= 0.3 is 0 Å². The summed E-state index contributed by atoms with van der Waals surface area (Å²) < 4.78 is 2.00. The standard InChI is InChI=1S/C16H24N4O2/c1-9(2)17-15(21)13-8-19-5-6-20(11(4)14(19)18-13)16(22)12-7-10(12)3/h8-12H,5-7H2,1-4H3,(H,17,21)/t10-,11+,12+/m1/s1. The molecule has 6 nitrogen and oxygen atoms in total. The molecule has 2 amide bonds. The summed E-state index contributed by atoms with van der Waals surface area (Å²) in [5, 5.41) is 2.86. The third-order valence-corrected chi connectivity index (χ3v) is 4.59. The molecule has 1 fully saturated rings. The van der Waals surface area contributed by atoms with Gasteiger partial charge in [0.25, 0.3) is 5.91 Å². The Hall–Kier alpha value is -1.85. The number of amides is 2. The fourth-order valence-electron chi connectivity index (χ4n) is 3.12. The van der Waals surface area contributed by atoms with Crippen molar-refractivity contribution in [2.45, 2.75) is 52.7 Å². The minimum absolute atomic E-state index is 0.0744. The highest BCUT2D eigenvalue weighted by Crippen LogP contribution is 2.41. The number of imidazole rings is 1. The number of nitrogens with zero attached hydrogens (tertiary/aromatic N) is 3. The van der Waals surface area contributed by atoms with E-state index in [9.17, 15) is 9.59 Å². The Balaban J connectivity index is 1.78. The SMILES string of the molecule is CC(C)NC(=O)c1cn2c(n1)[C@H](C)N(C(=O)[C@H]1C[C@H]1C)CC2. The van der Waals surface area contributed by atoms with E-state index in [1.165, 1.54) is 0 Å². The molecule has 3 atom stereocenters. The van der Waals surface area contributed by atoms with Gasteiger partial charge in [0.05, 0.1) is 6.04 Å². The smallest absolute Gasteiger partial charge is 0.271 e. The molecule has 0 bridgehead atoms. The van der Waals surface area contributed by atoms with E-state index < -0.39 is 0 Å². The molecule has 1 aromatic heterocycles. The van der Waals surface area contributed by atoms with E-state index in [2.05, 4.69) is 17.2 Å². The van der Waals surface area contributed by atoms with Gasteiger partial charge in [-0.3, -0.25) is 9.59 Å². The summed E-state index contributed by atoms with van der Waals surface area (Å²) in [5.74, 6) is 1.59. The fourth-order valence-corrected chi connectivity index (χ4v) is 3.12. The lowest BCUT2D eigenvalue weighted by Gasteiger charge is -2.34. The topological polar surface area (TPSA) is 67.2 Å². The van der Waals surface area contributed by atoms with E-state index in [4.69, 9.17) is 0 Å². The van der Waals surface area contributed by atoms with Gasteiger partial charge in [-0.1, -0.05) is 6.92 Å². The van der Waals surface area contributed by atoms with Crippen molar-refractivity contribution in [2.75, 3.05) is 6.54 Å². The van der Waals surface area contributed by atoms with Crippen molar-refractivity contribution >= 4 is 11.8 Å². The van der Waals surface area contributed by atoms with E-state index in [0.717, 1.165) is 12.2 Å². The zero-order valence-electron chi connectivity index (χ0n) is 13.7. The summed E-state index contributed by atoms with van der Waals surface area (Å²) in [7, 11) is 0. The summed E-state index contributed by atoms with van der Waals surface area (Å²) in [6.45, 7) is 9.35. The van der Waals surface area contributed by atoms with Crippen molar-refractivity contribution in [1.29, 1.82) is 0 Å². The summed E-state index contributed by atoms with van der Waals surface area (Å²) in [4.78, 5) is 31.0. The molecule has 1 aliphatic carbocycles. The molecule has 2 aliphatic rings. The molecule has 3 rings (SSSR count). The van der Waals surface area contributed by atoms with Crippen molar-refractivity contribution in [3.63, 3.8) is 0 Å². The van der Waals surface area contributed by atoms with E-state index in [1.54, 1.807) is 6.20 Å². The number of fused-ring (bicyclic) bond motifs is 1. The second-order valence-corrected chi connectivity index (χ2v) is 6.83. The van der Waals surface area contributed by atoms with Gasteiger partial charge in [0, 0.05) is 31.2 Å². The maximum atomic E-state index is 12.5. The number of hydrogen-bond donors (Lipinski definition) is 1. The zero-order chi connectivity index (χ0) is 16.0. The molecule has 0 unspecified atom stereocenters. The van der Waals surface area contributed by atoms with Crippen LogP contribution in [0.15, 0.2) is 6.20 Å². The van der Waals surface area contributed by atoms with Gasteiger partial charge in [-0.05, 0) is 33.1 Å². The van der Waals surface area contributed by atoms with Crippen LogP contribution in [0.25, 0.3) is 0 Å². The largest absolute Gasteiger partial charge is 0.348 e. The predicted octanol–water partition coefficient (Wildman–Crippen LogP) is 1.58. The molecule has 0 aromatic carbocycles. The first-order chi connectivity index (χ1) is 10.4. The zero-order valence-corrected chi connectivity index (χ0v) is 13.7. The summed E-state index contributed by atoms with van der Waals surface area (Å²) in [6.07, 6.45) is 2.80. The molecule has 2 heterocycles. The summed E-state index contributed by atoms with van der Waals surface area (Å²) in [5.41, 5.74) is 0.435. The third kappa shape index (κ3) is 2.62. The molecule has 22 heavy (non-hydrogen) atoms. The molecule has 1 aliphatic heterocycles. The highest BCUT2D eigenvalue weighted by molar-refractivity contribution is 5.92. The van der Waals surface area contributed by atoms with Crippen LogP contribution in [0.1, 0.15) is 56.5 Å². The second-order valence-electron chi connectivity index (χ2n) is 6.83. The van der Waals surface area contributed by atoms with Gasteiger partial charge < -0.3 is 14.8 Å². The molecule has 1 saturated carbocycles. The van der Waals surface area contributed by atoms with Crippen LogP contribution in [0.2, 0.25) is 0 Å². The number of hydrogen-bond acceptors (Lipinski definition) is 3. The Kier molecular flexibility index (Phi) is 3.70. The van der Waals surface area contributed by atoms with Gasteiger partial charge in [0.2, 0.25) is 5.91 Å². The van der Waals surface area contributed by atoms with E-state index in [0.29, 0.717) is 24.7 Å². The Morgan fingerprint density at radius 2 is 2.00 bits per heavy atom. The predicted molar refractivity (Wildman–Crippen MR) is 82.2 cm³/mol. The Bertz CT molecular complexity index is 607. The Morgan fingerprint density at radius 1 is 1.32 bits per heavy atom. The van der Waals surface area contributed by atoms with Gasteiger partial charge in [0.15, 0.2) is 0 Å². The average molecular weight is 304 g/mol. The van der Waals surface area contributed by atoms with Crippen LogP contribution in [0.5, 0.6) is 0 Å². The van der Waals surface area contributed by atoms with Crippen molar-refractivity contribution < 1.29 is 9.59 Å². The first-order valence-electron chi connectivity index (χ1n) is 8.07. The van der Waals surface area contributed by atoms with Crippen LogP contribution >= 0.6 is 0 Å². The van der Waals surface area contributed by atoms with Crippen molar-refractivity contribution in [3.05, 3.63) is 17.7 Å². The third-order valence-electron chi connectivity index (χ3n) is 4.59. The Morgan fingerprint density at radius 3 is 2.59 bits per heavy atom. The van der Waals surface area contributed by atoms with Crippen LogP contribution in [0.3, 0.4) is 0 Å². The minimum Gasteiger partial charge on any atom is -0.348 e. The summed E-state index contributed by atoms with van der Waals surface area (Å²) in [6, 6.07) is 0.00716. The van der Waals surface area contributed by atoms with Crippen LogP contribution in [-0.4, -0.2) is 38.9 Å². The van der Waals surface area contributed by atoms with Crippen LogP contribution in [0.4, 0.5) is 0 Å². The first-order valence-corrected chi connectivity index (χ1v) is 8.07. The average Bonchev–Trinajstić information content (AvgIpc) is 3.00. The monoisotopic (exact) mass is 304 g/mol. The number of aromatic nitrogens is 2. The normalized spacial score (nSPS) is 26.8. The fraction of sp³-hybridized carbons (Fsp3) is 0.688. The van der Waals surface area contributed by atoms with Gasteiger partial charge in [0.1, 0.15) is 11.5 Å². The molecule has 0 spiro atoms. The molecule has 1 aromatic rings. The molecular formula is C16H24N4O2. The molecule has 6 heteroatoms. The number of rotatable bonds is 3. The van der Waals surface area contributed by atoms with Crippen molar-refractivity contribution in [3.8, 4) is 0 Å². The quantitative estimate of drug-likeness (QED) is 0.922.